The monoisotopic (exact) mass is 739 g/mol. The van der Waals surface area contributed by atoms with Gasteiger partial charge in [-0.1, -0.05) is 46.4 Å². The molecule has 294 valence electrons. The fourth-order valence-electron chi connectivity index (χ4n) is 5.33. The number of Topliss-reactive ketones (excluding diaryl/α,β-unsaturated/α-hetero) is 1. The number of amides is 6. The largest absolute Gasteiger partial charge is 0.475 e. The molecular weight excluding hydrogens is 678 g/mol. The van der Waals surface area contributed by atoms with Crippen LogP contribution in [0.1, 0.15) is 78.7 Å². The normalized spacial score (nSPS) is 13.1. The molecule has 0 spiro atoms. The van der Waals surface area contributed by atoms with E-state index in [1.165, 1.54) is 17.1 Å². The molecule has 2 atom stereocenters. The van der Waals surface area contributed by atoms with Crippen LogP contribution in [0.4, 0.5) is 10.5 Å². The van der Waals surface area contributed by atoms with E-state index < -0.39 is 18.0 Å². The number of unbranched alkanes of at least 4 members (excludes halogenated alkanes) is 2. The number of ether oxygens (including phenoxy) is 1. The molecule has 0 saturated heterocycles. The molecule has 2 rings (SSSR count). The van der Waals surface area contributed by atoms with Gasteiger partial charge in [-0.2, -0.15) is 0 Å². The van der Waals surface area contributed by atoms with Gasteiger partial charge in [-0.15, -0.1) is 0 Å². The van der Waals surface area contributed by atoms with Crippen LogP contribution in [0.3, 0.4) is 0 Å². The molecular formula is C39H61N7O7. The van der Waals surface area contributed by atoms with Crippen LogP contribution in [0.5, 0.6) is 0 Å². The van der Waals surface area contributed by atoms with Crippen molar-refractivity contribution in [2.75, 3.05) is 45.6 Å². The second-order valence-corrected chi connectivity index (χ2v) is 13.5. The van der Waals surface area contributed by atoms with Crippen molar-refractivity contribution in [2.24, 2.45) is 17.6 Å². The summed E-state index contributed by atoms with van der Waals surface area (Å²) in [5, 5.41) is 8.25. The summed E-state index contributed by atoms with van der Waals surface area (Å²) < 4.78 is 5.86. The lowest BCUT2D eigenvalue weighted by Crippen LogP contribution is -2.45. The second kappa shape index (κ2) is 23.4. The van der Waals surface area contributed by atoms with Crippen LogP contribution >= 0.6 is 0 Å². The number of nitrogens with one attached hydrogen (secondary N) is 3. The number of allylic oxidation sites excluding steroid dienone is 1. The topological polar surface area (TPSA) is 183 Å². The number of benzene rings is 1. The number of hydrogen-bond acceptors (Lipinski definition) is 9. The highest BCUT2D eigenvalue weighted by atomic mass is 16.5. The lowest BCUT2D eigenvalue weighted by molar-refractivity contribution is -0.137. The highest BCUT2D eigenvalue weighted by molar-refractivity contribution is 6.12. The maximum atomic E-state index is 13.5. The average Bonchev–Trinajstić information content (AvgIpc) is 3.41. The number of imide groups is 1. The maximum Gasteiger partial charge on any atom is 0.312 e. The first-order chi connectivity index (χ1) is 24.6. The number of carbonyl (C=O) groups is 6. The number of carbonyl (C=O) groups excluding carboxylic acids is 6. The predicted molar refractivity (Wildman–Crippen MR) is 207 cm³/mol. The highest BCUT2D eigenvalue weighted by Gasteiger charge is 2.29. The van der Waals surface area contributed by atoms with Crippen molar-refractivity contribution >= 4 is 41.1 Å². The van der Waals surface area contributed by atoms with E-state index in [0.29, 0.717) is 63.4 Å². The van der Waals surface area contributed by atoms with E-state index >= 15 is 0 Å². The van der Waals surface area contributed by atoms with Gasteiger partial charge in [-0.25, -0.2) is 4.79 Å². The molecule has 1 aromatic carbocycles. The van der Waals surface area contributed by atoms with Crippen LogP contribution in [0.15, 0.2) is 61.2 Å². The van der Waals surface area contributed by atoms with E-state index in [-0.39, 0.29) is 62.1 Å². The lowest BCUT2D eigenvalue weighted by atomic mass is 9.89. The molecule has 0 fully saturated rings. The number of ketones is 1. The van der Waals surface area contributed by atoms with Gasteiger partial charge in [0.2, 0.25) is 11.8 Å². The van der Waals surface area contributed by atoms with Crippen molar-refractivity contribution in [1.82, 2.24) is 25.3 Å². The molecule has 5 N–H and O–H groups in total. The molecule has 0 radical (unpaired) electrons. The Morgan fingerprint density at radius 3 is 2.13 bits per heavy atom. The number of urea groups is 1. The highest BCUT2D eigenvalue weighted by Crippen LogP contribution is 2.20. The summed E-state index contributed by atoms with van der Waals surface area (Å²) in [6.07, 6.45) is 4.99. The molecule has 0 bridgehead atoms. The molecule has 14 nitrogen and oxygen atoms in total. The minimum Gasteiger partial charge on any atom is -0.475 e. The standard InChI is InChI=1S/C38H57N7O7.CH4/c1-26(2)36(42-33(47)13-9-8-10-21-45-34(48)18-19-35(45)49)32(46)24-30(12-11-20-40-38(39)51)37(50)41-31-16-14-29(15-17-31)25-52-28(5)44(7)23-22-43(6)27(3)4;/h14-19,26,30,36H,3,5,8-13,20-25H2,1-2,4,6-7H3,(H,41,50)(H,42,47)(H3,39,40,51);1H4/t30-,36+;/m1./s1. The second-order valence-electron chi connectivity index (χ2n) is 13.5. The van der Waals surface area contributed by atoms with Gasteiger partial charge in [-0.3, -0.25) is 28.9 Å². The molecule has 1 aliphatic rings. The Balaban J connectivity index is 0.0000140. The third-order valence-electron chi connectivity index (χ3n) is 8.84. The van der Waals surface area contributed by atoms with Gasteiger partial charge in [0.05, 0.1) is 6.04 Å². The number of anilines is 1. The van der Waals surface area contributed by atoms with E-state index in [9.17, 15) is 28.8 Å². The quantitative estimate of drug-likeness (QED) is 0.0646. The first-order valence-corrected chi connectivity index (χ1v) is 17.8. The summed E-state index contributed by atoms with van der Waals surface area (Å²) in [6, 6.07) is 5.71. The number of rotatable bonds is 25. The summed E-state index contributed by atoms with van der Waals surface area (Å²) >= 11 is 0. The number of hydrogen-bond donors (Lipinski definition) is 4. The summed E-state index contributed by atoms with van der Waals surface area (Å²) in [4.78, 5) is 79.5. The number of primary amides is 1. The van der Waals surface area contributed by atoms with Crippen LogP contribution in [0.25, 0.3) is 0 Å². The van der Waals surface area contributed by atoms with Gasteiger partial charge >= 0.3 is 6.03 Å². The zero-order valence-electron chi connectivity index (χ0n) is 31.4. The minimum atomic E-state index is -0.794. The summed E-state index contributed by atoms with van der Waals surface area (Å²) in [7, 11) is 3.88. The number of nitrogens with zero attached hydrogens (tertiary/aromatic N) is 3. The van der Waals surface area contributed by atoms with Crippen LogP contribution < -0.4 is 21.7 Å². The van der Waals surface area contributed by atoms with Crippen LogP contribution in [0, 0.1) is 11.8 Å². The Kier molecular flexibility index (Phi) is 20.3. The molecule has 1 aromatic rings. The Bertz CT molecular complexity index is 1440. The first-order valence-electron chi connectivity index (χ1n) is 17.8. The minimum absolute atomic E-state index is 0. The summed E-state index contributed by atoms with van der Waals surface area (Å²) in [5.41, 5.74) is 7.58. The van der Waals surface area contributed by atoms with Crippen LogP contribution in [0.2, 0.25) is 0 Å². The average molecular weight is 740 g/mol. The van der Waals surface area contributed by atoms with Crippen molar-refractivity contribution in [3.05, 3.63) is 66.7 Å². The van der Waals surface area contributed by atoms with Crippen LogP contribution in [-0.4, -0.2) is 96.5 Å². The van der Waals surface area contributed by atoms with Crippen molar-refractivity contribution in [3.63, 3.8) is 0 Å². The van der Waals surface area contributed by atoms with E-state index in [1.807, 2.05) is 56.8 Å². The fourth-order valence-corrected chi connectivity index (χ4v) is 5.33. The zero-order chi connectivity index (χ0) is 38.8. The van der Waals surface area contributed by atoms with E-state index in [4.69, 9.17) is 10.5 Å². The molecule has 1 heterocycles. The van der Waals surface area contributed by atoms with Crippen molar-refractivity contribution in [3.8, 4) is 0 Å². The van der Waals surface area contributed by atoms with Gasteiger partial charge in [-0.05, 0) is 62.8 Å². The molecule has 0 aliphatic carbocycles. The van der Waals surface area contributed by atoms with Crippen molar-refractivity contribution in [2.45, 2.75) is 85.8 Å². The van der Waals surface area contributed by atoms with Gasteiger partial charge < -0.3 is 36.2 Å². The molecule has 53 heavy (non-hydrogen) atoms. The molecule has 0 unspecified atom stereocenters. The summed E-state index contributed by atoms with van der Waals surface area (Å²) in [5.74, 6) is -1.99. The van der Waals surface area contributed by atoms with Gasteiger partial charge in [0, 0.05) is 82.6 Å². The van der Waals surface area contributed by atoms with Gasteiger partial charge in [0.25, 0.3) is 11.8 Å². The predicted octanol–water partition coefficient (Wildman–Crippen LogP) is 4.30. The SMILES string of the molecule is C.C=C(C)N(C)CCN(C)C(=C)OCc1ccc(NC(=O)[C@H](CCCNC(N)=O)CC(=O)[C@@H](NC(=O)CCCCCN2C(=O)C=CC2=O)C(C)C)cc1. The molecule has 14 heteroatoms. The Morgan fingerprint density at radius 1 is 0.925 bits per heavy atom. The molecule has 6 amide bonds. The number of likely N-dealkylation sites (N-methyl/N-ethyl adjacent to an activating group) is 2. The zero-order valence-corrected chi connectivity index (χ0v) is 31.4. The van der Waals surface area contributed by atoms with E-state index in [0.717, 1.165) is 17.8 Å². The molecule has 0 aromatic heterocycles. The lowest BCUT2D eigenvalue weighted by Gasteiger charge is -2.26. The van der Waals surface area contributed by atoms with Crippen molar-refractivity contribution < 1.29 is 33.5 Å². The van der Waals surface area contributed by atoms with E-state index in [2.05, 4.69) is 29.1 Å². The third-order valence-corrected chi connectivity index (χ3v) is 8.84. The van der Waals surface area contributed by atoms with Gasteiger partial charge in [0.1, 0.15) is 6.61 Å². The Hall–Kier alpha value is -5.14. The van der Waals surface area contributed by atoms with E-state index in [1.54, 1.807) is 12.1 Å². The summed E-state index contributed by atoms with van der Waals surface area (Å²) in [6.45, 7) is 15.9. The van der Waals surface area contributed by atoms with Gasteiger partial charge in [0.15, 0.2) is 11.7 Å². The number of nitrogens with two attached hydrogens (primary N) is 1. The van der Waals surface area contributed by atoms with Crippen LogP contribution in [-0.2, 0) is 35.3 Å². The Morgan fingerprint density at radius 2 is 1.55 bits per heavy atom. The van der Waals surface area contributed by atoms with Crippen molar-refractivity contribution in [1.29, 1.82) is 0 Å². The Labute approximate surface area is 315 Å². The molecule has 0 saturated carbocycles. The third kappa shape index (κ3) is 16.8. The maximum absolute atomic E-state index is 13.5. The smallest absolute Gasteiger partial charge is 0.312 e. The first kappa shape index (κ1) is 45.9. The molecule has 1 aliphatic heterocycles. The fraction of sp³-hybridized carbons (Fsp3) is 0.538.